The lowest BCUT2D eigenvalue weighted by molar-refractivity contribution is -0.333. The first kappa shape index (κ1) is 30.9. The normalized spacial score (nSPS) is 34.7. The quantitative estimate of drug-likeness (QED) is 0.307. The van der Waals surface area contributed by atoms with Crippen molar-refractivity contribution in [3.63, 3.8) is 0 Å². The largest absolute Gasteiger partial charge is 0.458 e. The van der Waals surface area contributed by atoms with Gasteiger partial charge in [0.1, 0.15) is 30.0 Å². The molecule has 10 heteroatoms. The molecule has 1 aliphatic heterocycles. The molecular formula is C35H37NO9. The van der Waals surface area contributed by atoms with E-state index in [1.807, 2.05) is 0 Å². The van der Waals surface area contributed by atoms with E-state index in [2.05, 4.69) is 4.98 Å². The Bertz CT molecular complexity index is 1580. The van der Waals surface area contributed by atoms with Gasteiger partial charge >= 0.3 is 17.9 Å². The number of aliphatic hydroxyl groups is 2. The van der Waals surface area contributed by atoms with Crippen molar-refractivity contribution >= 4 is 17.9 Å². The van der Waals surface area contributed by atoms with E-state index in [9.17, 15) is 24.6 Å². The van der Waals surface area contributed by atoms with Gasteiger partial charge in [0.2, 0.25) is 0 Å². The molecule has 8 unspecified atom stereocenters. The van der Waals surface area contributed by atoms with Crippen LogP contribution in [0.25, 0.3) is 0 Å². The van der Waals surface area contributed by atoms with Crippen LogP contribution in [0.5, 0.6) is 0 Å². The number of ether oxygens (including phenoxy) is 4. The third kappa shape index (κ3) is 4.74. The van der Waals surface area contributed by atoms with E-state index < -0.39 is 70.5 Å². The number of esters is 3. The highest BCUT2D eigenvalue weighted by molar-refractivity contribution is 5.90. The lowest BCUT2D eigenvalue weighted by Gasteiger charge is -2.64. The molecule has 1 saturated heterocycles. The average molecular weight is 616 g/mol. The minimum atomic E-state index is -1.80. The first-order chi connectivity index (χ1) is 21.3. The Hall–Kier alpha value is -4.12. The van der Waals surface area contributed by atoms with Crippen LogP contribution in [0.2, 0.25) is 0 Å². The molecule has 2 aromatic carbocycles. The fourth-order valence-electron chi connectivity index (χ4n) is 7.96. The van der Waals surface area contributed by atoms with Crippen molar-refractivity contribution in [3.05, 3.63) is 102 Å². The minimum absolute atomic E-state index is 0.0918. The number of aromatic nitrogens is 1. The molecular weight excluding hydrogens is 578 g/mol. The molecule has 8 atom stereocenters. The van der Waals surface area contributed by atoms with Gasteiger partial charge in [0, 0.05) is 12.4 Å². The Morgan fingerprint density at radius 2 is 1.31 bits per heavy atom. The molecule has 2 aliphatic carbocycles. The number of aliphatic hydroxyl groups excluding tert-OH is 1. The van der Waals surface area contributed by atoms with Crippen molar-refractivity contribution in [1.29, 1.82) is 0 Å². The monoisotopic (exact) mass is 615 g/mol. The van der Waals surface area contributed by atoms with Crippen LogP contribution in [0, 0.1) is 11.3 Å². The van der Waals surface area contributed by atoms with Crippen molar-refractivity contribution in [2.45, 2.75) is 81.8 Å². The molecule has 6 rings (SSSR count). The van der Waals surface area contributed by atoms with Gasteiger partial charge in [-0.05, 0) is 76.9 Å². The summed E-state index contributed by atoms with van der Waals surface area (Å²) >= 11 is 0. The second kappa shape index (κ2) is 11.0. The van der Waals surface area contributed by atoms with Crippen molar-refractivity contribution in [1.82, 2.24) is 4.98 Å². The third-order valence-electron chi connectivity index (χ3n) is 10.0. The van der Waals surface area contributed by atoms with Crippen LogP contribution >= 0.6 is 0 Å². The number of pyridine rings is 1. The summed E-state index contributed by atoms with van der Waals surface area (Å²) in [6.45, 7) is 6.71. The van der Waals surface area contributed by atoms with E-state index >= 15 is 0 Å². The molecule has 1 aromatic heterocycles. The molecule has 2 saturated carbocycles. The van der Waals surface area contributed by atoms with Crippen LogP contribution in [0.1, 0.15) is 71.6 Å². The van der Waals surface area contributed by atoms with Crippen LogP contribution in [0.4, 0.5) is 0 Å². The molecule has 2 bridgehead atoms. The molecule has 3 fully saturated rings. The van der Waals surface area contributed by atoms with Crippen molar-refractivity contribution < 1.29 is 43.5 Å². The summed E-state index contributed by atoms with van der Waals surface area (Å²) in [4.78, 5) is 44.7. The van der Waals surface area contributed by atoms with Gasteiger partial charge < -0.3 is 29.2 Å². The molecule has 45 heavy (non-hydrogen) atoms. The predicted octanol–water partition coefficient (Wildman–Crippen LogP) is 4.15. The fourth-order valence-corrected chi connectivity index (χ4v) is 7.96. The van der Waals surface area contributed by atoms with Gasteiger partial charge in [-0.15, -0.1) is 0 Å². The number of hydrogen-bond acceptors (Lipinski definition) is 10. The maximum atomic E-state index is 13.6. The number of fused-ring (bicyclic) bond motifs is 1. The fraction of sp³-hybridized carbons (Fsp3) is 0.429. The van der Waals surface area contributed by atoms with Crippen molar-refractivity contribution in [3.8, 4) is 0 Å². The predicted molar refractivity (Wildman–Crippen MR) is 160 cm³/mol. The zero-order valence-corrected chi connectivity index (χ0v) is 25.6. The van der Waals surface area contributed by atoms with Crippen LogP contribution < -0.4 is 0 Å². The summed E-state index contributed by atoms with van der Waals surface area (Å²) in [6, 6.07) is 19.9. The average Bonchev–Trinajstić information content (AvgIpc) is 3.25. The standard InChI is InChI=1S/C35H37NO9/c1-32(2)25-26(37)28(44-30(39)22-14-9-6-10-15-22)34(4)24(42-29(38)21-12-7-5-8-13-21)17-18-33(3,41)35(34,45-32)27(25)43-31(40)23-16-11-19-36-20-23/h5-16,19-20,24-28,37,41H,17-18H2,1-4H3. The highest BCUT2D eigenvalue weighted by Crippen LogP contribution is 2.68. The zero-order chi connectivity index (χ0) is 32.2. The lowest BCUT2D eigenvalue weighted by atomic mass is 9.47. The first-order valence-electron chi connectivity index (χ1n) is 15.1. The van der Waals surface area contributed by atoms with Crippen LogP contribution in [-0.2, 0) is 18.9 Å². The molecule has 10 nitrogen and oxygen atoms in total. The summed E-state index contributed by atoms with van der Waals surface area (Å²) < 4.78 is 25.4. The number of carbonyl (C=O) groups is 3. The van der Waals surface area contributed by atoms with Crippen molar-refractivity contribution in [2.75, 3.05) is 0 Å². The topological polar surface area (TPSA) is 141 Å². The van der Waals surface area contributed by atoms with E-state index in [-0.39, 0.29) is 24.0 Å². The molecule has 3 aliphatic rings. The number of benzene rings is 2. The minimum Gasteiger partial charge on any atom is -0.458 e. The van der Waals surface area contributed by atoms with Crippen LogP contribution in [0.3, 0.4) is 0 Å². The van der Waals surface area contributed by atoms with Gasteiger partial charge in [-0.1, -0.05) is 36.4 Å². The van der Waals surface area contributed by atoms with Gasteiger partial charge in [-0.2, -0.15) is 0 Å². The zero-order valence-electron chi connectivity index (χ0n) is 25.6. The second-order valence-electron chi connectivity index (χ2n) is 13.1. The number of nitrogens with zero attached hydrogens (tertiary/aromatic N) is 1. The Morgan fingerprint density at radius 1 is 0.778 bits per heavy atom. The first-order valence-corrected chi connectivity index (χ1v) is 15.1. The highest BCUT2D eigenvalue weighted by atomic mass is 16.6. The SMILES string of the molecule is CC1(C)OC23C(OC(=O)c4cccnc4)C1C(O)C(OC(=O)c1ccccc1)C2(C)C(OC(=O)c1ccccc1)CCC3(C)O. The Labute approximate surface area is 261 Å². The molecule has 1 spiro atoms. The molecule has 236 valence electrons. The molecule has 2 N–H and O–H groups in total. The van der Waals surface area contributed by atoms with E-state index in [1.54, 1.807) is 100 Å². The summed E-state index contributed by atoms with van der Waals surface area (Å²) in [7, 11) is 0. The maximum Gasteiger partial charge on any atom is 0.340 e. The molecule has 3 aromatic rings. The van der Waals surface area contributed by atoms with E-state index in [0.717, 1.165) is 0 Å². The third-order valence-corrected chi connectivity index (χ3v) is 10.0. The Morgan fingerprint density at radius 3 is 1.89 bits per heavy atom. The van der Waals surface area contributed by atoms with Gasteiger partial charge in [-0.25, -0.2) is 14.4 Å². The van der Waals surface area contributed by atoms with Gasteiger partial charge in [0.15, 0.2) is 0 Å². The summed E-state index contributed by atoms with van der Waals surface area (Å²) in [5.74, 6) is -3.02. The Balaban J connectivity index is 1.51. The second-order valence-corrected chi connectivity index (χ2v) is 13.1. The lowest BCUT2D eigenvalue weighted by Crippen LogP contribution is -2.81. The van der Waals surface area contributed by atoms with E-state index in [4.69, 9.17) is 18.9 Å². The summed E-state index contributed by atoms with van der Waals surface area (Å²) in [6.07, 6.45) is -1.95. The maximum absolute atomic E-state index is 13.6. The van der Waals surface area contributed by atoms with E-state index in [0.29, 0.717) is 5.56 Å². The van der Waals surface area contributed by atoms with E-state index in [1.165, 1.54) is 12.4 Å². The summed E-state index contributed by atoms with van der Waals surface area (Å²) in [5.41, 5.74) is -5.58. The molecule has 2 heterocycles. The molecule has 0 radical (unpaired) electrons. The van der Waals surface area contributed by atoms with Crippen LogP contribution in [-0.4, -0.2) is 74.3 Å². The van der Waals surface area contributed by atoms with Crippen LogP contribution in [0.15, 0.2) is 85.2 Å². The number of hydrogen-bond donors (Lipinski definition) is 2. The Kier molecular flexibility index (Phi) is 7.58. The molecule has 0 amide bonds. The van der Waals surface area contributed by atoms with Crippen molar-refractivity contribution in [2.24, 2.45) is 11.3 Å². The van der Waals surface area contributed by atoms with Gasteiger partial charge in [0.25, 0.3) is 0 Å². The summed E-state index contributed by atoms with van der Waals surface area (Å²) in [5, 5.41) is 24.5. The number of rotatable bonds is 6. The smallest absolute Gasteiger partial charge is 0.340 e. The van der Waals surface area contributed by atoms with Gasteiger partial charge in [-0.3, -0.25) is 4.98 Å². The van der Waals surface area contributed by atoms with Gasteiger partial charge in [0.05, 0.1) is 39.2 Å². The number of carbonyl (C=O) groups excluding carboxylic acids is 3. The highest BCUT2D eigenvalue weighted by Gasteiger charge is 2.85.